The van der Waals surface area contributed by atoms with Crippen LogP contribution in [0.2, 0.25) is 0 Å². The van der Waals surface area contributed by atoms with Gasteiger partial charge in [-0.25, -0.2) is 0 Å². The van der Waals surface area contributed by atoms with Gasteiger partial charge in [0.1, 0.15) is 0 Å². The molecule has 2 N–H and O–H groups in total. The standard InChI is InChI=1S/C12H18BrNO/c13-11-6-5-7-12(10-11)14-8-3-1-2-4-9-15/h5-7,10,14-15H,1-4,8-9H2. The molecule has 0 atom stereocenters. The van der Waals surface area contributed by atoms with E-state index in [1.54, 1.807) is 0 Å². The van der Waals surface area contributed by atoms with E-state index in [2.05, 4.69) is 33.4 Å². The summed E-state index contributed by atoms with van der Waals surface area (Å²) in [7, 11) is 0. The third-order valence-electron chi connectivity index (χ3n) is 2.24. The summed E-state index contributed by atoms with van der Waals surface area (Å²) < 4.78 is 1.10. The van der Waals surface area contributed by atoms with Crippen LogP contribution in [0.1, 0.15) is 25.7 Å². The molecule has 0 aliphatic carbocycles. The summed E-state index contributed by atoms with van der Waals surface area (Å²) in [4.78, 5) is 0. The van der Waals surface area contributed by atoms with E-state index >= 15 is 0 Å². The quantitative estimate of drug-likeness (QED) is 0.745. The van der Waals surface area contributed by atoms with Crippen LogP contribution in [0.15, 0.2) is 28.7 Å². The van der Waals surface area contributed by atoms with Gasteiger partial charge in [-0.05, 0) is 31.0 Å². The van der Waals surface area contributed by atoms with E-state index in [0.717, 1.165) is 36.0 Å². The zero-order chi connectivity index (χ0) is 10.9. The fraction of sp³-hybridized carbons (Fsp3) is 0.500. The minimum atomic E-state index is 0.319. The fourth-order valence-corrected chi connectivity index (χ4v) is 1.82. The van der Waals surface area contributed by atoms with E-state index < -0.39 is 0 Å². The van der Waals surface area contributed by atoms with E-state index in [1.165, 1.54) is 6.42 Å². The number of nitrogens with one attached hydrogen (secondary N) is 1. The molecular formula is C12H18BrNO. The topological polar surface area (TPSA) is 32.3 Å². The lowest BCUT2D eigenvalue weighted by molar-refractivity contribution is 0.283. The van der Waals surface area contributed by atoms with Crippen molar-refractivity contribution in [3.8, 4) is 0 Å². The van der Waals surface area contributed by atoms with E-state index in [9.17, 15) is 0 Å². The fourth-order valence-electron chi connectivity index (χ4n) is 1.42. The Bertz CT molecular complexity index is 278. The molecule has 0 aliphatic rings. The van der Waals surface area contributed by atoms with Crippen molar-refractivity contribution in [3.05, 3.63) is 28.7 Å². The van der Waals surface area contributed by atoms with E-state index in [0.29, 0.717) is 6.61 Å². The first-order valence-corrected chi connectivity index (χ1v) is 6.22. The molecule has 0 bridgehead atoms. The lowest BCUT2D eigenvalue weighted by Crippen LogP contribution is -2.01. The van der Waals surface area contributed by atoms with Crippen LogP contribution in [0.25, 0.3) is 0 Å². The highest BCUT2D eigenvalue weighted by Crippen LogP contribution is 2.15. The van der Waals surface area contributed by atoms with Gasteiger partial charge in [-0.2, -0.15) is 0 Å². The molecule has 0 unspecified atom stereocenters. The smallest absolute Gasteiger partial charge is 0.0431 e. The zero-order valence-electron chi connectivity index (χ0n) is 8.88. The van der Waals surface area contributed by atoms with Gasteiger partial charge in [0.25, 0.3) is 0 Å². The number of aliphatic hydroxyl groups is 1. The molecule has 15 heavy (non-hydrogen) atoms. The van der Waals surface area contributed by atoms with Crippen LogP contribution in [0.4, 0.5) is 5.69 Å². The van der Waals surface area contributed by atoms with Crippen LogP contribution in [-0.4, -0.2) is 18.3 Å². The molecule has 0 aromatic heterocycles. The summed E-state index contributed by atoms with van der Waals surface area (Å²) >= 11 is 3.44. The Kier molecular flexibility index (Phi) is 6.44. The summed E-state index contributed by atoms with van der Waals surface area (Å²) in [6, 6.07) is 8.19. The Hall–Kier alpha value is -0.540. The van der Waals surface area contributed by atoms with Crippen molar-refractivity contribution < 1.29 is 5.11 Å². The molecule has 3 heteroatoms. The van der Waals surface area contributed by atoms with Gasteiger partial charge in [0.2, 0.25) is 0 Å². The molecule has 0 aliphatic heterocycles. The molecule has 0 heterocycles. The van der Waals surface area contributed by atoms with Crippen molar-refractivity contribution in [1.82, 2.24) is 0 Å². The van der Waals surface area contributed by atoms with Crippen molar-refractivity contribution in [2.24, 2.45) is 0 Å². The molecule has 1 aromatic carbocycles. The van der Waals surface area contributed by atoms with Crippen molar-refractivity contribution in [2.75, 3.05) is 18.5 Å². The summed E-state index contributed by atoms with van der Waals surface area (Å²) in [6.45, 7) is 1.32. The molecule has 0 saturated heterocycles. The maximum absolute atomic E-state index is 8.61. The predicted molar refractivity (Wildman–Crippen MR) is 68.2 cm³/mol. The molecule has 2 nitrogen and oxygen atoms in total. The lowest BCUT2D eigenvalue weighted by Gasteiger charge is -2.06. The SMILES string of the molecule is OCCCCCCNc1cccc(Br)c1. The third-order valence-corrected chi connectivity index (χ3v) is 2.73. The lowest BCUT2D eigenvalue weighted by atomic mass is 10.2. The van der Waals surface area contributed by atoms with Crippen molar-refractivity contribution >= 4 is 21.6 Å². The van der Waals surface area contributed by atoms with Crippen LogP contribution >= 0.6 is 15.9 Å². The second-order valence-electron chi connectivity index (χ2n) is 3.57. The minimum absolute atomic E-state index is 0.319. The molecule has 1 aromatic rings. The van der Waals surface area contributed by atoms with Gasteiger partial charge in [0.15, 0.2) is 0 Å². The van der Waals surface area contributed by atoms with Gasteiger partial charge in [-0.1, -0.05) is 34.8 Å². The molecule has 0 amide bonds. The van der Waals surface area contributed by atoms with Crippen LogP contribution in [0, 0.1) is 0 Å². The Morgan fingerprint density at radius 3 is 2.67 bits per heavy atom. The minimum Gasteiger partial charge on any atom is -0.396 e. The van der Waals surface area contributed by atoms with Crippen molar-refractivity contribution in [3.63, 3.8) is 0 Å². The van der Waals surface area contributed by atoms with Gasteiger partial charge >= 0.3 is 0 Å². The number of hydrogen-bond acceptors (Lipinski definition) is 2. The highest BCUT2D eigenvalue weighted by Gasteiger charge is 1.93. The summed E-state index contributed by atoms with van der Waals surface area (Å²) in [5, 5.41) is 12.0. The first-order chi connectivity index (χ1) is 7.33. The highest BCUT2D eigenvalue weighted by atomic mass is 79.9. The van der Waals surface area contributed by atoms with Crippen LogP contribution < -0.4 is 5.32 Å². The highest BCUT2D eigenvalue weighted by molar-refractivity contribution is 9.10. The predicted octanol–water partition coefficient (Wildman–Crippen LogP) is 3.41. The van der Waals surface area contributed by atoms with Crippen LogP contribution in [-0.2, 0) is 0 Å². The first kappa shape index (κ1) is 12.5. The van der Waals surface area contributed by atoms with E-state index in [-0.39, 0.29) is 0 Å². The van der Waals surface area contributed by atoms with Crippen molar-refractivity contribution in [2.45, 2.75) is 25.7 Å². The largest absolute Gasteiger partial charge is 0.396 e. The molecule has 0 radical (unpaired) electrons. The van der Waals surface area contributed by atoms with Gasteiger partial charge in [0.05, 0.1) is 0 Å². The molecule has 1 rings (SSSR count). The number of anilines is 1. The number of aliphatic hydroxyl groups excluding tert-OH is 1. The Labute approximate surface area is 99.8 Å². The average Bonchev–Trinajstić information content (AvgIpc) is 2.23. The molecule has 0 saturated carbocycles. The van der Waals surface area contributed by atoms with Crippen LogP contribution in [0.3, 0.4) is 0 Å². The number of rotatable bonds is 7. The van der Waals surface area contributed by atoms with E-state index in [1.807, 2.05) is 12.1 Å². The Morgan fingerprint density at radius 2 is 1.93 bits per heavy atom. The van der Waals surface area contributed by atoms with Gasteiger partial charge < -0.3 is 10.4 Å². The molecule has 0 spiro atoms. The van der Waals surface area contributed by atoms with Gasteiger partial charge in [-0.3, -0.25) is 0 Å². The van der Waals surface area contributed by atoms with Gasteiger partial charge in [0, 0.05) is 23.3 Å². The Balaban J connectivity index is 2.10. The second kappa shape index (κ2) is 7.71. The molecular weight excluding hydrogens is 254 g/mol. The summed E-state index contributed by atoms with van der Waals surface area (Å²) in [5.41, 5.74) is 1.16. The molecule has 0 fully saturated rings. The van der Waals surface area contributed by atoms with Crippen molar-refractivity contribution in [1.29, 1.82) is 0 Å². The number of unbranched alkanes of at least 4 members (excludes halogenated alkanes) is 3. The first-order valence-electron chi connectivity index (χ1n) is 5.43. The normalized spacial score (nSPS) is 10.3. The zero-order valence-corrected chi connectivity index (χ0v) is 10.5. The molecule has 84 valence electrons. The maximum Gasteiger partial charge on any atom is 0.0431 e. The Morgan fingerprint density at radius 1 is 1.13 bits per heavy atom. The maximum atomic E-state index is 8.61. The summed E-state index contributed by atoms with van der Waals surface area (Å²) in [5.74, 6) is 0. The van der Waals surface area contributed by atoms with E-state index in [4.69, 9.17) is 5.11 Å². The average molecular weight is 272 g/mol. The van der Waals surface area contributed by atoms with Gasteiger partial charge in [-0.15, -0.1) is 0 Å². The summed E-state index contributed by atoms with van der Waals surface area (Å²) in [6.07, 6.45) is 4.39. The number of halogens is 1. The monoisotopic (exact) mass is 271 g/mol. The second-order valence-corrected chi connectivity index (χ2v) is 4.49. The number of benzene rings is 1. The third kappa shape index (κ3) is 5.80. The number of hydrogen-bond donors (Lipinski definition) is 2. The van der Waals surface area contributed by atoms with Crippen LogP contribution in [0.5, 0.6) is 0 Å².